The van der Waals surface area contributed by atoms with Gasteiger partial charge >= 0.3 is 11.4 Å². The number of aryl methyl sites for hydroxylation is 1. The van der Waals surface area contributed by atoms with Gasteiger partial charge in [-0.2, -0.15) is 0 Å². The van der Waals surface area contributed by atoms with E-state index in [1.165, 1.54) is 6.92 Å². The van der Waals surface area contributed by atoms with Crippen molar-refractivity contribution in [1.29, 1.82) is 0 Å². The van der Waals surface area contributed by atoms with Gasteiger partial charge in [0, 0.05) is 6.54 Å². The van der Waals surface area contributed by atoms with Crippen LogP contribution in [0.4, 0.5) is 16.4 Å². The van der Waals surface area contributed by atoms with Crippen molar-refractivity contribution >= 4 is 27.7 Å². The Balaban J connectivity index is 2.94. The van der Waals surface area contributed by atoms with Crippen LogP contribution in [-0.4, -0.2) is 30.0 Å². The van der Waals surface area contributed by atoms with Crippen LogP contribution >= 0.6 is 11.3 Å². The second kappa shape index (κ2) is 6.26. The quantitative estimate of drug-likeness (QED) is 0.446. The summed E-state index contributed by atoms with van der Waals surface area (Å²) < 4.78 is 0. The molecule has 1 heterocycles. The Hall–Kier alpha value is -1.74. The van der Waals surface area contributed by atoms with Crippen LogP contribution in [0.3, 0.4) is 0 Å². The molecular weight excluding hydrogens is 260 g/mol. The number of rotatable bonds is 7. The van der Waals surface area contributed by atoms with E-state index in [0.717, 1.165) is 24.3 Å². The van der Waals surface area contributed by atoms with Gasteiger partial charge in [-0.05, 0) is 26.9 Å². The van der Waals surface area contributed by atoms with Crippen molar-refractivity contribution in [1.82, 2.24) is 5.32 Å². The highest BCUT2D eigenvalue weighted by molar-refractivity contribution is 7.17. The van der Waals surface area contributed by atoms with Crippen LogP contribution < -0.4 is 10.6 Å². The van der Waals surface area contributed by atoms with Gasteiger partial charge in [-0.3, -0.25) is 20.2 Å². The molecule has 0 bridgehead atoms. The molecule has 2 N–H and O–H groups in total. The van der Waals surface area contributed by atoms with E-state index in [1.807, 2.05) is 7.05 Å². The maximum Gasteiger partial charge on any atom is 0.380 e. The van der Waals surface area contributed by atoms with Crippen LogP contribution in [-0.2, 0) is 0 Å². The van der Waals surface area contributed by atoms with Gasteiger partial charge in [0.05, 0.1) is 14.7 Å². The molecule has 0 aliphatic rings. The molecule has 0 aromatic carbocycles. The molecule has 0 atom stereocenters. The summed E-state index contributed by atoms with van der Waals surface area (Å²) in [5.41, 5.74) is -0.854. The third-order valence-corrected chi connectivity index (χ3v) is 3.32. The fourth-order valence-corrected chi connectivity index (χ4v) is 2.51. The predicted molar refractivity (Wildman–Crippen MR) is 69.4 cm³/mol. The molecule has 0 saturated heterocycles. The molecule has 0 spiro atoms. The molecule has 1 aromatic heterocycles. The third kappa shape index (κ3) is 3.14. The molecule has 0 radical (unpaired) electrons. The summed E-state index contributed by atoms with van der Waals surface area (Å²) in [4.78, 5) is 20.6. The summed E-state index contributed by atoms with van der Waals surface area (Å²) in [5, 5.41) is 27.8. The van der Waals surface area contributed by atoms with E-state index in [-0.39, 0.29) is 5.00 Å². The summed E-state index contributed by atoms with van der Waals surface area (Å²) in [6, 6.07) is 0. The zero-order chi connectivity index (χ0) is 13.7. The molecule has 8 nitrogen and oxygen atoms in total. The average molecular weight is 274 g/mol. The van der Waals surface area contributed by atoms with E-state index in [4.69, 9.17) is 0 Å². The summed E-state index contributed by atoms with van der Waals surface area (Å²) >= 11 is 1.04. The van der Waals surface area contributed by atoms with E-state index >= 15 is 0 Å². The predicted octanol–water partition coefficient (Wildman–Crippen LogP) is 1.89. The standard InChI is InChI=1S/C9H14N4O4S/c1-6-7(12(14)15)8(13(16)17)9(18-6)11-5-3-4-10-2/h10-11H,3-5H2,1-2H3. The highest BCUT2D eigenvalue weighted by Crippen LogP contribution is 2.44. The van der Waals surface area contributed by atoms with Crippen molar-refractivity contribution in [3.63, 3.8) is 0 Å². The monoisotopic (exact) mass is 274 g/mol. The number of hydrogen-bond donors (Lipinski definition) is 2. The lowest BCUT2D eigenvalue weighted by atomic mass is 10.3. The fraction of sp³-hybridized carbons (Fsp3) is 0.556. The first-order valence-corrected chi connectivity index (χ1v) is 6.11. The Kier molecular flexibility index (Phi) is 4.98. The Morgan fingerprint density at radius 3 is 2.28 bits per heavy atom. The van der Waals surface area contributed by atoms with Crippen LogP contribution in [0.25, 0.3) is 0 Å². The molecule has 0 unspecified atom stereocenters. The number of nitro groups is 2. The molecule has 1 aromatic rings. The van der Waals surface area contributed by atoms with Gasteiger partial charge in [0.25, 0.3) is 0 Å². The van der Waals surface area contributed by atoms with Crippen molar-refractivity contribution in [3.05, 3.63) is 25.1 Å². The van der Waals surface area contributed by atoms with E-state index in [1.54, 1.807) is 0 Å². The molecule has 0 aliphatic carbocycles. The van der Waals surface area contributed by atoms with Gasteiger partial charge in [0.2, 0.25) is 0 Å². The molecule has 9 heteroatoms. The lowest BCUT2D eigenvalue weighted by molar-refractivity contribution is -0.421. The average Bonchev–Trinajstić information content (AvgIpc) is 2.61. The van der Waals surface area contributed by atoms with Gasteiger partial charge in [-0.15, -0.1) is 11.3 Å². The van der Waals surface area contributed by atoms with Crippen molar-refractivity contribution in [2.45, 2.75) is 13.3 Å². The Labute approximate surface area is 107 Å². The Bertz CT molecular complexity index is 460. The van der Waals surface area contributed by atoms with E-state index < -0.39 is 21.2 Å². The van der Waals surface area contributed by atoms with E-state index in [2.05, 4.69) is 10.6 Å². The molecule has 1 rings (SSSR count). The van der Waals surface area contributed by atoms with Gasteiger partial charge in [-0.1, -0.05) is 0 Å². The van der Waals surface area contributed by atoms with Crippen LogP contribution in [0.2, 0.25) is 0 Å². The second-order valence-electron chi connectivity index (χ2n) is 3.58. The molecule has 0 fully saturated rings. The van der Waals surface area contributed by atoms with Gasteiger partial charge in [-0.25, -0.2) is 0 Å². The highest BCUT2D eigenvalue weighted by atomic mass is 32.1. The number of nitrogens with one attached hydrogen (secondary N) is 2. The van der Waals surface area contributed by atoms with Crippen LogP contribution in [0, 0.1) is 27.2 Å². The maximum absolute atomic E-state index is 10.9. The first-order valence-electron chi connectivity index (χ1n) is 5.29. The molecule has 0 saturated carbocycles. The van der Waals surface area contributed by atoms with Crippen molar-refractivity contribution in [3.8, 4) is 0 Å². The normalized spacial score (nSPS) is 10.3. The SMILES string of the molecule is CNCCCNc1sc(C)c([N+](=O)[O-])c1[N+](=O)[O-]. The fourth-order valence-electron chi connectivity index (χ4n) is 1.50. The van der Waals surface area contributed by atoms with Crippen molar-refractivity contribution in [2.75, 3.05) is 25.5 Å². The van der Waals surface area contributed by atoms with Gasteiger partial charge in [0.1, 0.15) is 0 Å². The molecular formula is C9H14N4O4S. The number of anilines is 1. The number of nitrogens with zero attached hydrogens (tertiary/aromatic N) is 2. The first kappa shape index (κ1) is 14.3. The number of thiophene rings is 1. The number of hydrogen-bond acceptors (Lipinski definition) is 7. The smallest absolute Gasteiger partial charge is 0.371 e. The van der Waals surface area contributed by atoms with Crippen LogP contribution in [0.1, 0.15) is 11.3 Å². The molecule has 100 valence electrons. The van der Waals surface area contributed by atoms with Crippen molar-refractivity contribution < 1.29 is 9.85 Å². The lowest BCUT2D eigenvalue weighted by Gasteiger charge is -2.02. The zero-order valence-corrected chi connectivity index (χ0v) is 10.9. The third-order valence-electron chi connectivity index (χ3n) is 2.28. The van der Waals surface area contributed by atoms with Gasteiger partial charge in [0.15, 0.2) is 5.00 Å². The zero-order valence-electron chi connectivity index (χ0n) is 10.1. The summed E-state index contributed by atoms with van der Waals surface area (Å²) in [5.74, 6) is 0. The minimum atomic E-state index is -0.706. The largest absolute Gasteiger partial charge is 0.380 e. The summed E-state index contributed by atoms with van der Waals surface area (Å²) in [7, 11) is 1.81. The summed E-state index contributed by atoms with van der Waals surface area (Å²) in [6.07, 6.45) is 0.776. The highest BCUT2D eigenvalue weighted by Gasteiger charge is 2.34. The molecule has 0 aliphatic heterocycles. The molecule has 0 amide bonds. The maximum atomic E-state index is 10.9. The summed E-state index contributed by atoms with van der Waals surface area (Å²) in [6.45, 7) is 2.81. The topological polar surface area (TPSA) is 110 Å². The Morgan fingerprint density at radius 1 is 1.17 bits per heavy atom. The minimum Gasteiger partial charge on any atom is -0.371 e. The van der Waals surface area contributed by atoms with Gasteiger partial charge < -0.3 is 10.6 Å². The van der Waals surface area contributed by atoms with E-state index in [9.17, 15) is 20.2 Å². The lowest BCUT2D eigenvalue weighted by Crippen LogP contribution is -2.12. The first-order chi connectivity index (χ1) is 8.49. The van der Waals surface area contributed by atoms with E-state index in [0.29, 0.717) is 11.4 Å². The van der Waals surface area contributed by atoms with Crippen molar-refractivity contribution in [2.24, 2.45) is 0 Å². The minimum absolute atomic E-state index is 0.250. The van der Waals surface area contributed by atoms with Crippen LogP contribution in [0.15, 0.2) is 0 Å². The molecule has 18 heavy (non-hydrogen) atoms. The van der Waals surface area contributed by atoms with Crippen LogP contribution in [0.5, 0.6) is 0 Å². The second-order valence-corrected chi connectivity index (χ2v) is 4.81. The Morgan fingerprint density at radius 2 is 1.78 bits per heavy atom.